The van der Waals surface area contributed by atoms with Gasteiger partial charge in [-0.05, 0) is 59.5 Å². The van der Waals surface area contributed by atoms with Gasteiger partial charge in [0.2, 0.25) is 0 Å². The number of rotatable bonds is 2. The lowest BCUT2D eigenvalue weighted by molar-refractivity contribution is 0.0683. The van der Waals surface area contributed by atoms with Gasteiger partial charge < -0.3 is 10.0 Å². The molecule has 1 N–H and O–H groups in total. The highest BCUT2D eigenvalue weighted by Crippen LogP contribution is 2.25. The zero-order valence-corrected chi connectivity index (χ0v) is 13.6. The summed E-state index contributed by atoms with van der Waals surface area (Å²) in [6.07, 6.45) is 2.19. The predicted octanol–water partition coefficient (Wildman–Crippen LogP) is 3.24. The number of piperidine rings is 1. The number of amides is 1. The van der Waals surface area contributed by atoms with Gasteiger partial charge in [0.15, 0.2) is 0 Å². The van der Waals surface area contributed by atoms with Crippen molar-refractivity contribution in [2.75, 3.05) is 18.4 Å². The summed E-state index contributed by atoms with van der Waals surface area (Å²) in [6, 6.07) is 5.13. The average molecular weight is 424 g/mol. The van der Waals surface area contributed by atoms with Crippen LogP contribution in [-0.2, 0) is 0 Å². The number of benzene rings is 1. The molecule has 0 aromatic heterocycles. The first kappa shape index (κ1) is 14.1. The first-order chi connectivity index (χ1) is 8.61. The van der Waals surface area contributed by atoms with E-state index in [0.29, 0.717) is 11.5 Å². The Morgan fingerprint density at radius 1 is 1.56 bits per heavy atom. The summed E-state index contributed by atoms with van der Waals surface area (Å²) >= 11 is 5.63. The average Bonchev–Trinajstić information content (AvgIpc) is 2.41. The lowest BCUT2D eigenvalue weighted by atomic mass is 9.99. The van der Waals surface area contributed by atoms with Gasteiger partial charge in [0.25, 0.3) is 5.91 Å². The summed E-state index contributed by atoms with van der Waals surface area (Å²) in [5, 5.41) is 10.7. The van der Waals surface area contributed by atoms with Crippen LogP contribution in [0.2, 0.25) is 0 Å². The minimum absolute atomic E-state index is 0.0586. The van der Waals surface area contributed by atoms with E-state index < -0.39 is 0 Å². The molecule has 1 saturated heterocycles. The fourth-order valence-corrected chi connectivity index (χ4v) is 3.25. The maximum atomic E-state index is 12.4. The van der Waals surface area contributed by atoms with Crippen LogP contribution in [0, 0.1) is 9.49 Å². The second-order valence-corrected chi connectivity index (χ2v) is 6.47. The van der Waals surface area contributed by atoms with Crippen molar-refractivity contribution in [2.45, 2.75) is 12.8 Å². The summed E-state index contributed by atoms with van der Waals surface area (Å²) in [4.78, 5) is 14.2. The Morgan fingerprint density at radius 2 is 2.33 bits per heavy atom. The topological polar surface area (TPSA) is 40.5 Å². The zero-order chi connectivity index (χ0) is 13.1. The summed E-state index contributed by atoms with van der Waals surface area (Å²) < 4.78 is 0.961. The number of carbonyl (C=O) groups is 1. The zero-order valence-electron chi connectivity index (χ0n) is 9.90. The Bertz CT molecular complexity index is 453. The van der Waals surface area contributed by atoms with E-state index in [9.17, 15) is 9.90 Å². The number of phenolic OH excluding ortho intramolecular Hbond substituents is 1. The van der Waals surface area contributed by atoms with Gasteiger partial charge >= 0.3 is 0 Å². The second-order valence-electron chi connectivity index (χ2n) is 4.58. The Morgan fingerprint density at radius 3 is 3.06 bits per heavy atom. The van der Waals surface area contributed by atoms with Gasteiger partial charge in [-0.2, -0.15) is 0 Å². The summed E-state index contributed by atoms with van der Waals surface area (Å²) in [7, 11) is 0. The lowest BCUT2D eigenvalue weighted by Crippen LogP contribution is -2.40. The van der Waals surface area contributed by atoms with Crippen molar-refractivity contribution in [1.29, 1.82) is 0 Å². The monoisotopic (exact) mass is 423 g/mol. The molecule has 2 rings (SSSR count). The molecular formula is C13H15BrINO2. The first-order valence-corrected chi connectivity index (χ1v) is 8.15. The number of nitrogens with zero attached hydrogens (tertiary/aromatic N) is 1. The van der Waals surface area contributed by atoms with Crippen LogP contribution >= 0.6 is 38.5 Å². The van der Waals surface area contributed by atoms with Gasteiger partial charge in [0.1, 0.15) is 5.75 Å². The Kier molecular flexibility index (Phi) is 4.89. The predicted molar refractivity (Wildman–Crippen MR) is 83.2 cm³/mol. The van der Waals surface area contributed by atoms with Crippen LogP contribution in [0.3, 0.4) is 0 Å². The van der Waals surface area contributed by atoms with Crippen LogP contribution in [0.25, 0.3) is 0 Å². The molecule has 18 heavy (non-hydrogen) atoms. The van der Waals surface area contributed by atoms with E-state index >= 15 is 0 Å². The molecule has 3 nitrogen and oxygen atoms in total. The van der Waals surface area contributed by atoms with Crippen LogP contribution < -0.4 is 0 Å². The third-order valence-corrected chi connectivity index (χ3v) is 4.80. The SMILES string of the molecule is O=C(c1cc(I)ccc1O)N1CCCC(CBr)C1. The Labute approximate surface area is 129 Å². The van der Waals surface area contributed by atoms with E-state index in [1.165, 1.54) is 0 Å². The smallest absolute Gasteiger partial charge is 0.257 e. The van der Waals surface area contributed by atoms with E-state index in [1.807, 2.05) is 4.90 Å². The molecule has 1 unspecified atom stereocenters. The second kappa shape index (κ2) is 6.23. The van der Waals surface area contributed by atoms with Crippen LogP contribution in [0.1, 0.15) is 23.2 Å². The lowest BCUT2D eigenvalue weighted by Gasteiger charge is -2.32. The minimum Gasteiger partial charge on any atom is -0.507 e. The molecule has 0 spiro atoms. The maximum Gasteiger partial charge on any atom is 0.257 e. The van der Waals surface area contributed by atoms with Crippen LogP contribution in [0.5, 0.6) is 5.75 Å². The molecule has 98 valence electrons. The van der Waals surface area contributed by atoms with E-state index in [2.05, 4.69) is 38.5 Å². The number of aromatic hydroxyl groups is 1. The van der Waals surface area contributed by atoms with E-state index in [4.69, 9.17) is 0 Å². The highest BCUT2D eigenvalue weighted by atomic mass is 127. The van der Waals surface area contributed by atoms with E-state index in [1.54, 1.807) is 18.2 Å². The molecule has 0 bridgehead atoms. The highest BCUT2D eigenvalue weighted by Gasteiger charge is 2.25. The maximum absolute atomic E-state index is 12.4. The largest absolute Gasteiger partial charge is 0.507 e. The van der Waals surface area contributed by atoms with Gasteiger partial charge in [0, 0.05) is 22.0 Å². The fraction of sp³-hybridized carbons (Fsp3) is 0.462. The molecule has 0 saturated carbocycles. The molecule has 0 radical (unpaired) electrons. The number of hydrogen-bond donors (Lipinski definition) is 1. The Balaban J connectivity index is 2.17. The van der Waals surface area contributed by atoms with Crippen molar-refractivity contribution in [3.8, 4) is 5.75 Å². The third-order valence-electron chi connectivity index (χ3n) is 3.21. The standard InChI is InChI=1S/C13H15BrINO2/c14-7-9-2-1-5-16(8-9)13(18)11-6-10(15)3-4-12(11)17/h3-4,6,9,17H,1-2,5,7-8H2. The van der Waals surface area contributed by atoms with Crippen LogP contribution in [0.4, 0.5) is 0 Å². The van der Waals surface area contributed by atoms with Gasteiger partial charge in [-0.3, -0.25) is 4.79 Å². The summed E-state index contributed by atoms with van der Waals surface area (Å²) in [5.74, 6) is 0.533. The van der Waals surface area contributed by atoms with Gasteiger partial charge in [0.05, 0.1) is 5.56 Å². The number of halogens is 2. The summed E-state index contributed by atoms with van der Waals surface area (Å²) in [6.45, 7) is 1.56. The molecular weight excluding hydrogens is 409 g/mol. The minimum atomic E-state index is -0.0586. The van der Waals surface area contributed by atoms with Crippen molar-refractivity contribution in [3.05, 3.63) is 27.3 Å². The van der Waals surface area contributed by atoms with Crippen LogP contribution in [-0.4, -0.2) is 34.3 Å². The molecule has 1 aliphatic rings. The normalized spacial score (nSPS) is 19.9. The number of likely N-dealkylation sites (tertiary alicyclic amines) is 1. The van der Waals surface area contributed by atoms with Crippen molar-refractivity contribution >= 4 is 44.4 Å². The van der Waals surface area contributed by atoms with Crippen molar-refractivity contribution < 1.29 is 9.90 Å². The Hall–Kier alpha value is -0.300. The molecule has 1 aromatic carbocycles. The van der Waals surface area contributed by atoms with Crippen molar-refractivity contribution in [1.82, 2.24) is 4.90 Å². The molecule has 1 amide bonds. The van der Waals surface area contributed by atoms with E-state index in [0.717, 1.165) is 34.8 Å². The number of carbonyl (C=O) groups excluding carboxylic acids is 1. The molecule has 5 heteroatoms. The van der Waals surface area contributed by atoms with Crippen molar-refractivity contribution in [3.63, 3.8) is 0 Å². The molecule has 0 aliphatic carbocycles. The quantitative estimate of drug-likeness (QED) is 0.586. The van der Waals surface area contributed by atoms with Gasteiger partial charge in [-0.15, -0.1) is 0 Å². The van der Waals surface area contributed by atoms with Gasteiger partial charge in [-0.25, -0.2) is 0 Å². The van der Waals surface area contributed by atoms with Crippen LogP contribution in [0.15, 0.2) is 18.2 Å². The first-order valence-electron chi connectivity index (χ1n) is 5.95. The molecule has 1 aromatic rings. The van der Waals surface area contributed by atoms with Gasteiger partial charge in [-0.1, -0.05) is 15.9 Å². The number of alkyl halides is 1. The van der Waals surface area contributed by atoms with Crippen molar-refractivity contribution in [2.24, 2.45) is 5.92 Å². The van der Waals surface area contributed by atoms with E-state index in [-0.39, 0.29) is 11.7 Å². The molecule has 1 aliphatic heterocycles. The summed E-state index contributed by atoms with van der Waals surface area (Å²) in [5.41, 5.74) is 0.414. The fourth-order valence-electron chi connectivity index (χ4n) is 2.23. The molecule has 1 heterocycles. The number of hydrogen-bond acceptors (Lipinski definition) is 2. The molecule has 1 atom stereocenters. The molecule has 1 fully saturated rings. The highest BCUT2D eigenvalue weighted by molar-refractivity contribution is 14.1. The third kappa shape index (κ3) is 3.17. The number of phenols is 1.